The van der Waals surface area contributed by atoms with Gasteiger partial charge in [-0.15, -0.1) is 0 Å². The average molecular weight is 338 g/mol. The van der Waals surface area contributed by atoms with Gasteiger partial charge in [-0.05, 0) is 49.1 Å². The third kappa shape index (κ3) is 2.28. The molecule has 0 aromatic heterocycles. The number of aliphatic hydroxyl groups is 1. The molecule has 3 rings (SSSR count). The summed E-state index contributed by atoms with van der Waals surface area (Å²) in [6.45, 7) is 8.44. The molecule has 2 aliphatic rings. The highest BCUT2D eigenvalue weighted by Crippen LogP contribution is 2.72. The summed E-state index contributed by atoms with van der Waals surface area (Å²) >= 11 is 0. The van der Waals surface area contributed by atoms with Gasteiger partial charge in [-0.25, -0.2) is 0 Å². The molecule has 0 unspecified atom stereocenters. The van der Waals surface area contributed by atoms with E-state index in [2.05, 4.69) is 20.8 Å². The molecule has 0 spiro atoms. The van der Waals surface area contributed by atoms with Crippen LogP contribution in [0.3, 0.4) is 0 Å². The van der Waals surface area contributed by atoms with Crippen molar-refractivity contribution in [2.24, 2.45) is 16.2 Å². The van der Waals surface area contributed by atoms with Crippen molar-refractivity contribution in [1.82, 2.24) is 0 Å². The molecule has 0 heterocycles. The van der Waals surface area contributed by atoms with Crippen LogP contribution in [0.2, 0.25) is 0 Å². The maximum absolute atomic E-state index is 12.5. The minimum Gasteiger partial charge on any atom is -0.393 e. The molecule has 0 amide bonds. The molecule has 0 radical (unpaired) electrons. The second-order valence-corrected chi connectivity index (χ2v) is 9.69. The fourth-order valence-electron chi connectivity index (χ4n) is 4.54. The maximum Gasteiger partial charge on any atom is 0.296 e. The minimum absolute atomic E-state index is 0.142. The van der Waals surface area contributed by atoms with Crippen molar-refractivity contribution in [3.63, 3.8) is 0 Å². The van der Waals surface area contributed by atoms with Crippen molar-refractivity contribution in [3.05, 3.63) is 29.8 Å². The fraction of sp³-hybridized carbons (Fsp3) is 0.667. The van der Waals surface area contributed by atoms with Gasteiger partial charge in [0, 0.05) is 5.41 Å². The van der Waals surface area contributed by atoms with Crippen molar-refractivity contribution in [3.8, 4) is 0 Å². The first-order valence-corrected chi connectivity index (χ1v) is 9.59. The summed E-state index contributed by atoms with van der Waals surface area (Å²) in [5, 5.41) is 10.5. The lowest BCUT2D eigenvalue weighted by Gasteiger charge is -2.40. The Morgan fingerprint density at radius 1 is 1.17 bits per heavy atom. The zero-order valence-corrected chi connectivity index (χ0v) is 15.1. The molecule has 1 N–H and O–H groups in total. The number of aliphatic hydroxyl groups excluding tert-OH is 1. The Kier molecular flexibility index (Phi) is 3.71. The number of hydrogen-bond donors (Lipinski definition) is 1. The lowest BCUT2D eigenvalue weighted by Crippen LogP contribution is -2.39. The van der Waals surface area contributed by atoms with Gasteiger partial charge in [0.15, 0.2) is 0 Å². The van der Waals surface area contributed by atoms with Crippen molar-refractivity contribution in [2.45, 2.75) is 58.0 Å². The van der Waals surface area contributed by atoms with Crippen molar-refractivity contribution < 1.29 is 17.7 Å². The predicted octanol–water partition coefficient (Wildman–Crippen LogP) is 3.28. The van der Waals surface area contributed by atoms with E-state index in [9.17, 15) is 13.5 Å². The number of hydrogen-bond acceptors (Lipinski definition) is 4. The van der Waals surface area contributed by atoms with Gasteiger partial charge in [0.05, 0.1) is 17.6 Å². The first-order valence-electron chi connectivity index (χ1n) is 8.18. The summed E-state index contributed by atoms with van der Waals surface area (Å²) in [5.74, 6) is 0. The smallest absolute Gasteiger partial charge is 0.296 e. The molecular formula is C18H26O4S. The van der Waals surface area contributed by atoms with Gasteiger partial charge in [0.1, 0.15) is 0 Å². The second kappa shape index (κ2) is 5.04. The van der Waals surface area contributed by atoms with Gasteiger partial charge in [-0.1, -0.05) is 38.5 Å². The number of benzene rings is 1. The normalized spacial score (nSPS) is 35.6. The van der Waals surface area contributed by atoms with E-state index in [1.165, 1.54) is 0 Å². The molecule has 2 fully saturated rings. The van der Waals surface area contributed by atoms with Crippen LogP contribution in [0.1, 0.15) is 45.6 Å². The first kappa shape index (κ1) is 16.9. The highest BCUT2D eigenvalue weighted by atomic mass is 32.2. The quantitative estimate of drug-likeness (QED) is 0.856. The topological polar surface area (TPSA) is 63.6 Å². The van der Waals surface area contributed by atoms with E-state index < -0.39 is 16.2 Å². The maximum atomic E-state index is 12.5. The van der Waals surface area contributed by atoms with E-state index in [1.54, 1.807) is 24.3 Å². The molecule has 1 aromatic carbocycles. The van der Waals surface area contributed by atoms with Gasteiger partial charge in [-0.2, -0.15) is 8.42 Å². The Hall–Kier alpha value is -0.910. The number of fused-ring (bicyclic) bond motifs is 2. The van der Waals surface area contributed by atoms with Crippen LogP contribution >= 0.6 is 0 Å². The molecule has 1 aromatic rings. The summed E-state index contributed by atoms with van der Waals surface area (Å²) < 4.78 is 30.4. The van der Waals surface area contributed by atoms with Gasteiger partial charge in [0.25, 0.3) is 10.1 Å². The molecule has 23 heavy (non-hydrogen) atoms. The van der Waals surface area contributed by atoms with Gasteiger partial charge < -0.3 is 5.11 Å². The van der Waals surface area contributed by atoms with Gasteiger partial charge in [-0.3, -0.25) is 4.18 Å². The molecule has 2 aliphatic carbocycles. The zero-order chi connectivity index (χ0) is 17.1. The number of aryl methyl sites for hydroxylation is 1. The molecule has 3 atom stereocenters. The standard InChI is InChI=1S/C18H26O4S/c1-13-5-7-14(8-6-13)23(20,21)22-12-18-10-9-17(4,15(19)11-18)16(18,2)3/h5-8,15,19H,9-12H2,1-4H3/t15-,17-,18+/m1/s1. The summed E-state index contributed by atoms with van der Waals surface area (Å²) in [6.07, 6.45) is 2.03. The van der Waals surface area contributed by atoms with Crippen LogP contribution in [-0.4, -0.2) is 26.2 Å². The van der Waals surface area contributed by atoms with Crippen LogP contribution < -0.4 is 0 Å². The molecule has 0 saturated heterocycles. The van der Waals surface area contributed by atoms with Crippen molar-refractivity contribution in [2.75, 3.05) is 6.61 Å². The largest absolute Gasteiger partial charge is 0.393 e. The predicted molar refractivity (Wildman–Crippen MR) is 88.5 cm³/mol. The van der Waals surface area contributed by atoms with Gasteiger partial charge in [0.2, 0.25) is 0 Å². The fourth-order valence-corrected chi connectivity index (χ4v) is 5.53. The Labute approximate surface area is 139 Å². The Morgan fingerprint density at radius 3 is 2.26 bits per heavy atom. The highest BCUT2D eigenvalue weighted by Gasteiger charge is 2.69. The van der Waals surface area contributed by atoms with Crippen LogP contribution in [-0.2, 0) is 14.3 Å². The van der Waals surface area contributed by atoms with Crippen LogP contribution in [0, 0.1) is 23.2 Å². The summed E-state index contributed by atoms with van der Waals surface area (Å²) in [5.41, 5.74) is 0.416. The highest BCUT2D eigenvalue weighted by molar-refractivity contribution is 7.86. The number of rotatable bonds is 4. The summed E-state index contributed by atoms with van der Waals surface area (Å²) in [6, 6.07) is 6.69. The van der Waals surface area contributed by atoms with Crippen molar-refractivity contribution in [1.29, 1.82) is 0 Å². The van der Waals surface area contributed by atoms with E-state index in [-0.39, 0.29) is 27.7 Å². The van der Waals surface area contributed by atoms with Crippen LogP contribution in [0.25, 0.3) is 0 Å². The molecule has 0 aliphatic heterocycles. The Bertz CT molecular complexity index is 707. The van der Waals surface area contributed by atoms with Crippen LogP contribution in [0.15, 0.2) is 29.2 Å². The Balaban J connectivity index is 1.82. The van der Waals surface area contributed by atoms with E-state index in [4.69, 9.17) is 4.18 Å². The molecule has 2 saturated carbocycles. The minimum atomic E-state index is -3.76. The molecular weight excluding hydrogens is 312 g/mol. The molecule has 2 bridgehead atoms. The lowest BCUT2D eigenvalue weighted by atomic mass is 9.65. The second-order valence-electron chi connectivity index (χ2n) is 8.07. The summed E-state index contributed by atoms with van der Waals surface area (Å²) in [7, 11) is -3.76. The van der Waals surface area contributed by atoms with Crippen molar-refractivity contribution >= 4 is 10.1 Å². The van der Waals surface area contributed by atoms with E-state index in [0.717, 1.165) is 18.4 Å². The molecule has 128 valence electrons. The third-order valence-corrected chi connectivity index (χ3v) is 8.27. The van der Waals surface area contributed by atoms with Crippen LogP contribution in [0.4, 0.5) is 0 Å². The van der Waals surface area contributed by atoms with Gasteiger partial charge >= 0.3 is 0 Å². The average Bonchev–Trinajstić information content (AvgIpc) is 2.76. The van der Waals surface area contributed by atoms with Crippen LogP contribution in [0.5, 0.6) is 0 Å². The van der Waals surface area contributed by atoms with E-state index in [0.29, 0.717) is 6.42 Å². The zero-order valence-electron chi connectivity index (χ0n) is 14.3. The Morgan fingerprint density at radius 2 is 1.78 bits per heavy atom. The lowest BCUT2D eigenvalue weighted by molar-refractivity contribution is 0.00884. The summed E-state index contributed by atoms with van der Waals surface area (Å²) in [4.78, 5) is 0.191. The molecule has 4 nitrogen and oxygen atoms in total. The van der Waals surface area contributed by atoms with E-state index in [1.807, 2.05) is 6.92 Å². The van der Waals surface area contributed by atoms with E-state index >= 15 is 0 Å². The monoisotopic (exact) mass is 338 g/mol. The third-order valence-electron chi connectivity index (χ3n) is 7.00. The molecule has 5 heteroatoms. The first-order chi connectivity index (χ1) is 10.5. The SMILES string of the molecule is Cc1ccc(S(=O)(=O)OC[C@]23CC[C@](C)([C@H](O)C2)C3(C)C)cc1.